The summed E-state index contributed by atoms with van der Waals surface area (Å²) >= 11 is 0. The number of aromatic nitrogens is 3. The van der Waals surface area contributed by atoms with Crippen molar-refractivity contribution in [2.75, 3.05) is 25.0 Å². The fraction of sp³-hybridized carbons (Fsp3) is 0.444. The van der Waals surface area contributed by atoms with Crippen LogP contribution in [0.5, 0.6) is 0 Å². The molecule has 0 spiro atoms. The average Bonchev–Trinajstić information content (AvgIpc) is 3.10. The van der Waals surface area contributed by atoms with Gasteiger partial charge in [0.25, 0.3) is 5.91 Å². The van der Waals surface area contributed by atoms with E-state index in [0.717, 1.165) is 19.4 Å². The van der Waals surface area contributed by atoms with Crippen LogP contribution in [-0.4, -0.2) is 57.6 Å². The van der Waals surface area contributed by atoms with E-state index in [-0.39, 0.29) is 18.1 Å². The Morgan fingerprint density at radius 3 is 2.80 bits per heavy atom. The van der Waals surface area contributed by atoms with E-state index >= 15 is 0 Å². The van der Waals surface area contributed by atoms with Gasteiger partial charge in [0, 0.05) is 49.4 Å². The third kappa shape index (κ3) is 3.32. The van der Waals surface area contributed by atoms with Crippen molar-refractivity contribution in [1.82, 2.24) is 19.9 Å². The van der Waals surface area contributed by atoms with Crippen LogP contribution in [0.25, 0.3) is 0 Å². The summed E-state index contributed by atoms with van der Waals surface area (Å²) in [7, 11) is 0. The van der Waals surface area contributed by atoms with Crippen LogP contribution in [0.3, 0.4) is 0 Å². The van der Waals surface area contributed by atoms with Gasteiger partial charge in [-0.1, -0.05) is 0 Å². The van der Waals surface area contributed by atoms with Gasteiger partial charge in [0.1, 0.15) is 0 Å². The van der Waals surface area contributed by atoms with E-state index in [1.807, 2.05) is 4.90 Å². The molecule has 3 atom stereocenters. The first-order chi connectivity index (χ1) is 12.3. The molecule has 7 nitrogen and oxygen atoms in total. The van der Waals surface area contributed by atoms with Crippen molar-refractivity contribution in [3.8, 4) is 0 Å². The Bertz CT molecular complexity index is 712. The van der Waals surface area contributed by atoms with Crippen molar-refractivity contribution in [2.45, 2.75) is 25.0 Å². The van der Waals surface area contributed by atoms with Crippen molar-refractivity contribution >= 4 is 11.9 Å². The molecule has 1 N–H and O–H groups in total. The summed E-state index contributed by atoms with van der Waals surface area (Å²) in [6.07, 6.45) is 8.81. The number of fused-ring (bicyclic) bond motifs is 1. The van der Waals surface area contributed by atoms with Gasteiger partial charge in [-0.2, -0.15) is 0 Å². The minimum absolute atomic E-state index is 0.0655. The van der Waals surface area contributed by atoms with E-state index < -0.39 is 0 Å². The van der Waals surface area contributed by atoms with Crippen molar-refractivity contribution in [3.63, 3.8) is 0 Å². The Balaban J connectivity index is 1.42. The van der Waals surface area contributed by atoms with Crippen LogP contribution < -0.4 is 5.32 Å². The zero-order valence-corrected chi connectivity index (χ0v) is 13.9. The summed E-state index contributed by atoms with van der Waals surface area (Å²) < 4.78 is 6.03. The van der Waals surface area contributed by atoms with Crippen molar-refractivity contribution in [1.29, 1.82) is 0 Å². The van der Waals surface area contributed by atoms with E-state index in [1.54, 1.807) is 43.0 Å². The van der Waals surface area contributed by atoms with Gasteiger partial charge in [-0.3, -0.25) is 9.78 Å². The van der Waals surface area contributed by atoms with Crippen LogP contribution in [-0.2, 0) is 4.74 Å². The maximum Gasteiger partial charge on any atom is 0.254 e. The third-order valence-electron chi connectivity index (χ3n) is 5.00. The highest BCUT2D eigenvalue weighted by atomic mass is 16.5. The lowest BCUT2D eigenvalue weighted by molar-refractivity contribution is -0.0602. The molecule has 2 aromatic heterocycles. The number of hydrogen-bond acceptors (Lipinski definition) is 6. The quantitative estimate of drug-likeness (QED) is 0.911. The number of rotatable bonds is 4. The molecule has 2 fully saturated rings. The second-order valence-electron chi connectivity index (χ2n) is 6.43. The van der Waals surface area contributed by atoms with E-state index in [4.69, 9.17) is 4.74 Å². The number of nitrogens with one attached hydrogen (secondary N) is 1. The van der Waals surface area contributed by atoms with Crippen molar-refractivity contribution < 1.29 is 9.53 Å². The van der Waals surface area contributed by atoms with Gasteiger partial charge in [0.15, 0.2) is 0 Å². The first-order valence-electron chi connectivity index (χ1n) is 8.66. The topological polar surface area (TPSA) is 80.2 Å². The lowest BCUT2D eigenvalue weighted by Crippen LogP contribution is -2.53. The highest BCUT2D eigenvalue weighted by Crippen LogP contribution is 2.35. The van der Waals surface area contributed by atoms with Crippen molar-refractivity contribution in [3.05, 3.63) is 48.5 Å². The Hall–Kier alpha value is -2.54. The Morgan fingerprint density at radius 2 is 2.00 bits per heavy atom. The van der Waals surface area contributed by atoms with Gasteiger partial charge >= 0.3 is 0 Å². The number of amides is 1. The first kappa shape index (κ1) is 16.0. The number of ether oxygens (including phenoxy) is 1. The largest absolute Gasteiger partial charge is 0.374 e. The zero-order valence-electron chi connectivity index (χ0n) is 13.9. The highest BCUT2D eigenvalue weighted by molar-refractivity contribution is 5.94. The summed E-state index contributed by atoms with van der Waals surface area (Å²) in [5.74, 6) is 1.05. The Labute approximate surface area is 146 Å². The zero-order chi connectivity index (χ0) is 17.1. The molecule has 25 heavy (non-hydrogen) atoms. The van der Waals surface area contributed by atoms with Crippen LogP contribution in [0.1, 0.15) is 23.2 Å². The highest BCUT2D eigenvalue weighted by Gasteiger charge is 2.44. The molecule has 1 aliphatic carbocycles. The fourth-order valence-electron chi connectivity index (χ4n) is 3.80. The van der Waals surface area contributed by atoms with Gasteiger partial charge in [0.05, 0.1) is 18.8 Å². The number of hydrogen-bond donors (Lipinski definition) is 1. The molecular weight excluding hydrogens is 318 g/mol. The molecule has 2 aromatic rings. The molecule has 0 aromatic carbocycles. The summed E-state index contributed by atoms with van der Waals surface area (Å²) in [6.45, 7) is 1.98. The number of nitrogens with zero attached hydrogens (tertiary/aromatic N) is 4. The van der Waals surface area contributed by atoms with E-state index in [1.165, 1.54) is 0 Å². The minimum Gasteiger partial charge on any atom is -0.374 e. The molecule has 3 heterocycles. The van der Waals surface area contributed by atoms with Crippen molar-refractivity contribution in [2.24, 2.45) is 5.92 Å². The number of anilines is 1. The number of carbonyl (C=O) groups is 1. The molecule has 1 amide bonds. The van der Waals surface area contributed by atoms with Gasteiger partial charge in [-0.25, -0.2) is 9.97 Å². The monoisotopic (exact) mass is 339 g/mol. The molecule has 7 heteroatoms. The molecule has 3 unspecified atom stereocenters. The molecule has 4 rings (SSSR count). The predicted octanol–water partition coefficient (Wildman–Crippen LogP) is 1.60. The summed E-state index contributed by atoms with van der Waals surface area (Å²) in [4.78, 5) is 27.2. The Kier molecular flexibility index (Phi) is 4.56. The van der Waals surface area contributed by atoms with Crippen LogP contribution in [0.2, 0.25) is 0 Å². The fourth-order valence-corrected chi connectivity index (χ4v) is 3.80. The number of carbonyl (C=O) groups excluding carboxylic acids is 1. The van der Waals surface area contributed by atoms with E-state index in [9.17, 15) is 4.79 Å². The lowest BCUT2D eigenvalue weighted by atomic mass is 10.0. The SMILES string of the molecule is O=C(c1ccncc1)N1CCOC2C(CNc3ncccn3)CCC21. The van der Waals surface area contributed by atoms with Gasteiger partial charge < -0.3 is 15.0 Å². The van der Waals surface area contributed by atoms with Gasteiger partial charge in [0.2, 0.25) is 5.95 Å². The predicted molar refractivity (Wildman–Crippen MR) is 92.0 cm³/mol. The normalized spacial score (nSPS) is 25.4. The maximum atomic E-state index is 12.8. The third-order valence-corrected chi connectivity index (χ3v) is 5.00. The van der Waals surface area contributed by atoms with Crippen LogP contribution >= 0.6 is 0 Å². The number of pyridine rings is 1. The van der Waals surface area contributed by atoms with Crippen LogP contribution in [0.15, 0.2) is 43.0 Å². The standard InChI is InChI=1S/C18H21N5O2/c24-17(13-4-8-19-9-5-13)23-10-11-25-16-14(2-3-15(16)23)12-22-18-20-6-1-7-21-18/h1,4-9,14-16H,2-3,10-12H2,(H,20,21,22). The van der Waals surface area contributed by atoms with E-state index in [0.29, 0.717) is 30.6 Å². The van der Waals surface area contributed by atoms with Crippen LogP contribution in [0.4, 0.5) is 5.95 Å². The lowest BCUT2D eigenvalue weighted by Gasteiger charge is -2.39. The average molecular weight is 339 g/mol. The first-order valence-corrected chi connectivity index (χ1v) is 8.66. The smallest absolute Gasteiger partial charge is 0.254 e. The van der Waals surface area contributed by atoms with Gasteiger partial charge in [-0.05, 0) is 31.0 Å². The Morgan fingerprint density at radius 1 is 1.20 bits per heavy atom. The molecule has 2 aliphatic rings. The minimum atomic E-state index is 0.0655. The molecule has 1 aliphatic heterocycles. The van der Waals surface area contributed by atoms with Crippen LogP contribution in [0, 0.1) is 5.92 Å². The summed E-state index contributed by atoms with van der Waals surface area (Å²) in [5, 5.41) is 3.28. The molecular formula is C18H21N5O2. The second-order valence-corrected chi connectivity index (χ2v) is 6.43. The molecule has 0 radical (unpaired) electrons. The molecule has 1 saturated heterocycles. The molecule has 1 saturated carbocycles. The van der Waals surface area contributed by atoms with E-state index in [2.05, 4.69) is 20.3 Å². The molecule has 130 valence electrons. The number of morpholine rings is 1. The summed E-state index contributed by atoms with van der Waals surface area (Å²) in [6, 6.07) is 5.47. The molecule has 0 bridgehead atoms. The van der Waals surface area contributed by atoms with Gasteiger partial charge in [-0.15, -0.1) is 0 Å². The summed E-state index contributed by atoms with van der Waals surface area (Å²) in [5.41, 5.74) is 0.690. The second kappa shape index (κ2) is 7.14. The maximum absolute atomic E-state index is 12.8.